The lowest BCUT2D eigenvalue weighted by molar-refractivity contribution is 0.496. The van der Waals surface area contributed by atoms with Crippen molar-refractivity contribution in [2.45, 2.75) is 13.8 Å². The van der Waals surface area contributed by atoms with Gasteiger partial charge in [-0.25, -0.2) is 4.79 Å². The summed E-state index contributed by atoms with van der Waals surface area (Å²) in [6.45, 7) is 4.61. The zero-order valence-electron chi connectivity index (χ0n) is 10.4. The second-order valence-corrected chi connectivity index (χ2v) is 4.59. The first-order valence-corrected chi connectivity index (χ1v) is 5.86. The second-order valence-electron chi connectivity index (χ2n) is 4.59. The number of H-pyrrole nitrogens is 1. The summed E-state index contributed by atoms with van der Waals surface area (Å²) in [5.74, 6) is -0.199. The summed E-state index contributed by atoms with van der Waals surface area (Å²) in [6, 6.07) is 7.65. The molecule has 0 spiro atoms. The predicted molar refractivity (Wildman–Crippen MR) is 69.3 cm³/mol. The molecule has 0 bridgehead atoms. The van der Waals surface area contributed by atoms with Crippen LogP contribution in [0.3, 0.4) is 0 Å². The highest BCUT2D eigenvalue weighted by Crippen LogP contribution is 2.17. The van der Waals surface area contributed by atoms with Gasteiger partial charge in [-0.05, 0) is 18.1 Å². The number of fused-ring (bicyclic) bond motifs is 1. The summed E-state index contributed by atoms with van der Waals surface area (Å²) in [5.41, 5.74) is 2.03. The van der Waals surface area contributed by atoms with Crippen LogP contribution in [-0.4, -0.2) is 11.5 Å². The maximum atomic E-state index is 11.0. The molecule has 0 saturated heterocycles. The average Bonchev–Trinajstić information content (AvgIpc) is 2.68. The van der Waals surface area contributed by atoms with Crippen LogP contribution in [0.25, 0.3) is 11.1 Å². The third-order valence-electron chi connectivity index (χ3n) is 2.92. The van der Waals surface area contributed by atoms with Gasteiger partial charge in [-0.1, -0.05) is 13.8 Å². The fraction of sp³-hybridized carbons (Fsp3) is 0.385. The Labute approximate surface area is 104 Å². The molecule has 0 fully saturated rings. The van der Waals surface area contributed by atoms with Crippen LogP contribution < -0.4 is 11.1 Å². The standard InChI is InChI=1S/C13H15N3O2/c1-8(2)9(6-14)7-15-10-3-4-11-12(5-10)18-13(17)16-11/h3-5,8-9,15H,7H2,1-2H3,(H,16,17). The van der Waals surface area contributed by atoms with Crippen LogP contribution in [0.1, 0.15) is 13.8 Å². The fourth-order valence-electron chi connectivity index (χ4n) is 1.71. The number of hydrogen-bond acceptors (Lipinski definition) is 4. The number of nitrogens with one attached hydrogen (secondary N) is 2. The highest BCUT2D eigenvalue weighted by Gasteiger charge is 2.12. The fourth-order valence-corrected chi connectivity index (χ4v) is 1.71. The number of benzene rings is 1. The molecular formula is C13H15N3O2. The lowest BCUT2D eigenvalue weighted by Crippen LogP contribution is -2.17. The van der Waals surface area contributed by atoms with Gasteiger partial charge < -0.3 is 9.73 Å². The van der Waals surface area contributed by atoms with Gasteiger partial charge in [0.25, 0.3) is 0 Å². The molecule has 0 amide bonds. The lowest BCUT2D eigenvalue weighted by atomic mass is 9.97. The molecule has 1 aromatic carbocycles. The number of nitriles is 1. The minimum Gasteiger partial charge on any atom is -0.408 e. The zero-order chi connectivity index (χ0) is 13.1. The third kappa shape index (κ3) is 2.54. The Morgan fingerprint density at radius 1 is 1.50 bits per heavy atom. The van der Waals surface area contributed by atoms with Gasteiger partial charge in [-0.2, -0.15) is 5.26 Å². The molecule has 0 saturated carbocycles. The zero-order valence-corrected chi connectivity index (χ0v) is 10.4. The molecule has 1 unspecified atom stereocenters. The van der Waals surface area contributed by atoms with Crippen molar-refractivity contribution < 1.29 is 4.42 Å². The highest BCUT2D eigenvalue weighted by atomic mass is 16.4. The molecule has 0 radical (unpaired) electrons. The average molecular weight is 245 g/mol. The van der Waals surface area contributed by atoms with Gasteiger partial charge in [0.2, 0.25) is 0 Å². The normalized spacial score (nSPS) is 12.6. The molecular weight excluding hydrogens is 230 g/mol. The molecule has 2 rings (SSSR count). The van der Waals surface area contributed by atoms with E-state index in [1.165, 1.54) is 0 Å². The van der Waals surface area contributed by atoms with Crippen molar-refractivity contribution in [3.05, 3.63) is 28.7 Å². The van der Waals surface area contributed by atoms with Crippen LogP contribution in [-0.2, 0) is 0 Å². The Morgan fingerprint density at radius 2 is 2.28 bits per heavy atom. The maximum absolute atomic E-state index is 11.0. The Kier molecular flexibility index (Phi) is 3.38. The van der Waals surface area contributed by atoms with E-state index in [0.717, 1.165) is 5.69 Å². The Hall–Kier alpha value is -2.22. The Morgan fingerprint density at radius 3 is 2.94 bits per heavy atom. The van der Waals surface area contributed by atoms with Gasteiger partial charge in [0.1, 0.15) is 0 Å². The summed E-state index contributed by atoms with van der Waals surface area (Å²) in [7, 11) is 0. The van der Waals surface area contributed by atoms with Crippen LogP contribution in [0.4, 0.5) is 5.69 Å². The van der Waals surface area contributed by atoms with Crippen LogP contribution in [0.15, 0.2) is 27.4 Å². The van der Waals surface area contributed by atoms with Gasteiger partial charge in [0.05, 0.1) is 17.5 Å². The van der Waals surface area contributed by atoms with E-state index in [-0.39, 0.29) is 5.92 Å². The van der Waals surface area contributed by atoms with Crippen molar-refractivity contribution in [3.8, 4) is 6.07 Å². The first-order valence-electron chi connectivity index (χ1n) is 5.86. The summed E-state index contributed by atoms with van der Waals surface area (Å²) in [5, 5.41) is 12.2. The first kappa shape index (κ1) is 12.2. The third-order valence-corrected chi connectivity index (χ3v) is 2.92. The number of aromatic nitrogens is 1. The van der Waals surface area contributed by atoms with E-state index in [2.05, 4.69) is 16.4 Å². The number of anilines is 1. The van der Waals surface area contributed by atoms with Crippen LogP contribution in [0.2, 0.25) is 0 Å². The quantitative estimate of drug-likeness (QED) is 0.866. The summed E-state index contributed by atoms with van der Waals surface area (Å²) >= 11 is 0. The Bertz CT molecular complexity index is 633. The van der Waals surface area contributed by atoms with Gasteiger partial charge in [0, 0.05) is 18.3 Å². The highest BCUT2D eigenvalue weighted by molar-refractivity contribution is 5.76. The second kappa shape index (κ2) is 4.96. The largest absolute Gasteiger partial charge is 0.417 e. The number of oxazole rings is 1. The molecule has 2 aromatic rings. The van der Waals surface area contributed by atoms with Crippen LogP contribution in [0, 0.1) is 23.2 Å². The SMILES string of the molecule is CC(C)C(C#N)CNc1ccc2[nH]c(=O)oc2c1. The van der Waals surface area contributed by atoms with E-state index >= 15 is 0 Å². The minimum atomic E-state index is -0.459. The predicted octanol–water partition coefficient (Wildman–Crippen LogP) is 2.33. The van der Waals surface area contributed by atoms with E-state index in [1.54, 1.807) is 12.1 Å². The molecule has 5 nitrogen and oxygen atoms in total. The molecule has 5 heteroatoms. The number of rotatable bonds is 4. The van der Waals surface area contributed by atoms with E-state index in [9.17, 15) is 4.79 Å². The van der Waals surface area contributed by atoms with E-state index < -0.39 is 5.76 Å². The lowest BCUT2D eigenvalue weighted by Gasteiger charge is -2.14. The van der Waals surface area contributed by atoms with Crippen molar-refractivity contribution in [1.82, 2.24) is 4.98 Å². The summed E-state index contributed by atoms with van der Waals surface area (Å²) < 4.78 is 4.97. The van der Waals surface area contributed by atoms with Gasteiger partial charge in [-0.15, -0.1) is 0 Å². The van der Waals surface area contributed by atoms with Crippen molar-refractivity contribution >= 4 is 16.8 Å². The van der Waals surface area contributed by atoms with E-state index in [0.29, 0.717) is 23.6 Å². The molecule has 0 aliphatic carbocycles. The monoisotopic (exact) mass is 245 g/mol. The van der Waals surface area contributed by atoms with Crippen molar-refractivity contribution in [3.63, 3.8) is 0 Å². The number of nitrogens with zero attached hydrogens (tertiary/aromatic N) is 1. The number of hydrogen-bond donors (Lipinski definition) is 2. The van der Waals surface area contributed by atoms with Crippen molar-refractivity contribution in [2.75, 3.05) is 11.9 Å². The van der Waals surface area contributed by atoms with Crippen molar-refractivity contribution in [2.24, 2.45) is 11.8 Å². The van der Waals surface area contributed by atoms with Gasteiger partial charge >= 0.3 is 5.76 Å². The van der Waals surface area contributed by atoms with Gasteiger partial charge in [0.15, 0.2) is 5.58 Å². The minimum absolute atomic E-state index is 0.0427. The summed E-state index contributed by atoms with van der Waals surface area (Å²) in [6.07, 6.45) is 0. The molecule has 1 heterocycles. The smallest absolute Gasteiger partial charge is 0.408 e. The molecule has 1 atom stereocenters. The Balaban J connectivity index is 2.12. The summed E-state index contributed by atoms with van der Waals surface area (Å²) in [4.78, 5) is 13.6. The van der Waals surface area contributed by atoms with Gasteiger partial charge in [-0.3, -0.25) is 4.98 Å². The molecule has 2 N–H and O–H groups in total. The molecule has 1 aromatic heterocycles. The maximum Gasteiger partial charge on any atom is 0.417 e. The molecule has 0 aliphatic rings. The van der Waals surface area contributed by atoms with Crippen molar-refractivity contribution in [1.29, 1.82) is 5.26 Å². The van der Waals surface area contributed by atoms with E-state index in [1.807, 2.05) is 19.9 Å². The first-order chi connectivity index (χ1) is 8.60. The molecule has 18 heavy (non-hydrogen) atoms. The van der Waals surface area contributed by atoms with E-state index in [4.69, 9.17) is 9.68 Å². The van der Waals surface area contributed by atoms with Crippen LogP contribution in [0.5, 0.6) is 0 Å². The molecule has 0 aliphatic heterocycles. The topological polar surface area (TPSA) is 81.8 Å². The molecule has 94 valence electrons. The van der Waals surface area contributed by atoms with Crippen LogP contribution >= 0.6 is 0 Å². The number of aromatic amines is 1.